The predicted octanol–water partition coefficient (Wildman–Crippen LogP) is 3.66. The lowest BCUT2D eigenvalue weighted by Gasteiger charge is -2.32. The van der Waals surface area contributed by atoms with Gasteiger partial charge >= 0.3 is 0 Å². The van der Waals surface area contributed by atoms with Gasteiger partial charge in [0, 0.05) is 17.6 Å². The molecule has 0 unspecified atom stereocenters. The minimum atomic E-state index is -3.79. The predicted molar refractivity (Wildman–Crippen MR) is 133 cm³/mol. The number of sulfonamides is 1. The highest BCUT2D eigenvalue weighted by atomic mass is 35.5. The number of halogens is 1. The zero-order chi connectivity index (χ0) is 24.9. The third-order valence-corrected chi connectivity index (χ3v) is 6.67. The van der Waals surface area contributed by atoms with Gasteiger partial charge < -0.3 is 10.2 Å². The van der Waals surface area contributed by atoms with Gasteiger partial charge in [-0.25, -0.2) is 8.42 Å². The number of carbonyl (C=O) groups excluding carboxylic acids is 2. The second kappa shape index (κ2) is 11.0. The molecule has 0 spiro atoms. The maximum absolute atomic E-state index is 13.5. The van der Waals surface area contributed by atoms with E-state index < -0.39 is 28.5 Å². The highest BCUT2D eigenvalue weighted by Gasteiger charge is 2.31. The van der Waals surface area contributed by atoms with Crippen LogP contribution >= 0.6 is 11.6 Å². The van der Waals surface area contributed by atoms with E-state index in [0.717, 1.165) is 21.7 Å². The third-order valence-electron chi connectivity index (χ3n) is 5.31. The number of aryl methyl sites for hydroxylation is 2. The first-order chi connectivity index (χ1) is 15.3. The van der Waals surface area contributed by atoms with Crippen LogP contribution in [-0.2, 0) is 26.2 Å². The standard InChI is InChI=1S/C24H32ClN3O4S/c1-16(2)26-24(30)19(5)27(14-20-10-8-7-9-17(20)3)23(29)15-28(33(6,31)32)22-12-11-21(25)13-18(22)4/h7-13,16,19H,14-15H2,1-6H3,(H,26,30)/t19-/m0/s1. The molecule has 1 N–H and O–H groups in total. The molecule has 0 aliphatic carbocycles. The average molecular weight is 494 g/mol. The Hall–Kier alpha value is -2.58. The molecule has 0 bridgehead atoms. The number of hydrogen-bond donors (Lipinski definition) is 1. The van der Waals surface area contributed by atoms with Crippen LogP contribution in [0.5, 0.6) is 0 Å². The van der Waals surface area contributed by atoms with Crippen molar-refractivity contribution in [2.75, 3.05) is 17.1 Å². The van der Waals surface area contributed by atoms with E-state index in [9.17, 15) is 18.0 Å². The topological polar surface area (TPSA) is 86.8 Å². The second-order valence-electron chi connectivity index (χ2n) is 8.49. The van der Waals surface area contributed by atoms with E-state index >= 15 is 0 Å². The van der Waals surface area contributed by atoms with Gasteiger partial charge in [0.1, 0.15) is 12.6 Å². The Balaban J connectivity index is 2.44. The van der Waals surface area contributed by atoms with E-state index in [1.165, 1.54) is 4.90 Å². The summed E-state index contributed by atoms with van der Waals surface area (Å²) in [6.45, 7) is 8.72. The highest BCUT2D eigenvalue weighted by molar-refractivity contribution is 7.92. The number of nitrogens with one attached hydrogen (secondary N) is 1. The Labute approximate surface area is 201 Å². The fourth-order valence-electron chi connectivity index (χ4n) is 3.45. The zero-order valence-corrected chi connectivity index (χ0v) is 21.5. The quantitative estimate of drug-likeness (QED) is 0.577. The van der Waals surface area contributed by atoms with Crippen LogP contribution in [0.15, 0.2) is 42.5 Å². The molecule has 0 aliphatic rings. The van der Waals surface area contributed by atoms with Crippen molar-refractivity contribution >= 4 is 39.1 Å². The normalized spacial score (nSPS) is 12.4. The van der Waals surface area contributed by atoms with Crippen molar-refractivity contribution in [3.05, 3.63) is 64.2 Å². The minimum Gasteiger partial charge on any atom is -0.352 e. The van der Waals surface area contributed by atoms with Crippen LogP contribution in [0.2, 0.25) is 5.02 Å². The molecule has 0 aliphatic heterocycles. The Morgan fingerprint density at radius 1 is 1.03 bits per heavy atom. The lowest BCUT2D eigenvalue weighted by atomic mass is 10.1. The highest BCUT2D eigenvalue weighted by Crippen LogP contribution is 2.26. The summed E-state index contributed by atoms with van der Waals surface area (Å²) in [6, 6.07) is 11.5. The number of benzene rings is 2. The lowest BCUT2D eigenvalue weighted by Crippen LogP contribution is -2.52. The van der Waals surface area contributed by atoms with Gasteiger partial charge in [0.25, 0.3) is 0 Å². The van der Waals surface area contributed by atoms with E-state index in [1.807, 2.05) is 45.0 Å². The van der Waals surface area contributed by atoms with Crippen molar-refractivity contribution in [3.63, 3.8) is 0 Å². The molecule has 2 aromatic carbocycles. The van der Waals surface area contributed by atoms with E-state index in [0.29, 0.717) is 16.3 Å². The van der Waals surface area contributed by atoms with E-state index in [2.05, 4.69) is 5.32 Å². The molecular formula is C24H32ClN3O4S. The number of anilines is 1. The first-order valence-corrected chi connectivity index (χ1v) is 12.9. The van der Waals surface area contributed by atoms with Gasteiger partial charge in [-0.1, -0.05) is 35.9 Å². The van der Waals surface area contributed by atoms with E-state index in [1.54, 1.807) is 32.0 Å². The van der Waals surface area contributed by atoms with E-state index in [-0.39, 0.29) is 18.5 Å². The van der Waals surface area contributed by atoms with Crippen molar-refractivity contribution < 1.29 is 18.0 Å². The Kier molecular flexibility index (Phi) is 8.91. The first kappa shape index (κ1) is 26.7. The van der Waals surface area contributed by atoms with Crippen LogP contribution in [0.1, 0.15) is 37.5 Å². The van der Waals surface area contributed by atoms with Gasteiger partial charge in [0.2, 0.25) is 21.8 Å². The van der Waals surface area contributed by atoms with Crippen LogP contribution in [0.3, 0.4) is 0 Å². The number of hydrogen-bond acceptors (Lipinski definition) is 4. The summed E-state index contributed by atoms with van der Waals surface area (Å²) in [7, 11) is -3.79. The molecule has 7 nitrogen and oxygen atoms in total. The smallest absolute Gasteiger partial charge is 0.244 e. The van der Waals surface area contributed by atoms with Crippen LogP contribution in [0.4, 0.5) is 5.69 Å². The molecule has 0 fully saturated rings. The van der Waals surface area contributed by atoms with Gasteiger partial charge in [-0.3, -0.25) is 13.9 Å². The molecule has 180 valence electrons. The molecule has 0 radical (unpaired) electrons. The molecule has 0 saturated carbocycles. The Morgan fingerprint density at radius 2 is 1.67 bits per heavy atom. The molecular weight excluding hydrogens is 462 g/mol. The maximum Gasteiger partial charge on any atom is 0.244 e. The molecule has 33 heavy (non-hydrogen) atoms. The van der Waals surface area contributed by atoms with Crippen LogP contribution in [-0.4, -0.2) is 50.0 Å². The van der Waals surface area contributed by atoms with Crippen LogP contribution < -0.4 is 9.62 Å². The largest absolute Gasteiger partial charge is 0.352 e. The third kappa shape index (κ3) is 7.20. The number of carbonyl (C=O) groups is 2. The number of amides is 2. The average Bonchev–Trinajstić information content (AvgIpc) is 2.70. The Morgan fingerprint density at radius 3 is 2.21 bits per heavy atom. The molecule has 0 saturated heterocycles. The zero-order valence-electron chi connectivity index (χ0n) is 19.9. The fourth-order valence-corrected chi connectivity index (χ4v) is 4.59. The summed E-state index contributed by atoms with van der Waals surface area (Å²) in [4.78, 5) is 27.7. The van der Waals surface area contributed by atoms with Gasteiger partial charge in [-0.15, -0.1) is 0 Å². The van der Waals surface area contributed by atoms with Gasteiger partial charge in [0.15, 0.2) is 0 Å². The molecule has 1 atom stereocenters. The first-order valence-electron chi connectivity index (χ1n) is 10.7. The monoisotopic (exact) mass is 493 g/mol. The summed E-state index contributed by atoms with van der Waals surface area (Å²) < 4.78 is 26.3. The van der Waals surface area contributed by atoms with Gasteiger partial charge in [-0.2, -0.15) is 0 Å². The number of nitrogens with zero attached hydrogens (tertiary/aromatic N) is 2. The van der Waals surface area contributed by atoms with Crippen molar-refractivity contribution in [1.82, 2.24) is 10.2 Å². The van der Waals surface area contributed by atoms with Crippen molar-refractivity contribution in [2.45, 2.75) is 53.2 Å². The van der Waals surface area contributed by atoms with Gasteiger partial charge in [-0.05, 0) is 69.5 Å². The minimum absolute atomic E-state index is 0.0976. The molecule has 2 aromatic rings. The van der Waals surface area contributed by atoms with Crippen LogP contribution in [0, 0.1) is 13.8 Å². The maximum atomic E-state index is 13.5. The lowest BCUT2D eigenvalue weighted by molar-refractivity contribution is -0.139. The van der Waals surface area contributed by atoms with E-state index in [4.69, 9.17) is 11.6 Å². The van der Waals surface area contributed by atoms with Crippen LogP contribution in [0.25, 0.3) is 0 Å². The molecule has 0 aromatic heterocycles. The molecule has 2 rings (SSSR count). The van der Waals surface area contributed by atoms with Gasteiger partial charge in [0.05, 0.1) is 11.9 Å². The molecule has 0 heterocycles. The number of rotatable bonds is 9. The summed E-state index contributed by atoms with van der Waals surface area (Å²) in [6.07, 6.45) is 1.05. The summed E-state index contributed by atoms with van der Waals surface area (Å²) in [5, 5.41) is 3.30. The Bertz CT molecular complexity index is 1120. The summed E-state index contributed by atoms with van der Waals surface area (Å²) in [5.74, 6) is -0.787. The summed E-state index contributed by atoms with van der Waals surface area (Å²) in [5.41, 5.74) is 2.84. The van der Waals surface area contributed by atoms with Crippen molar-refractivity contribution in [2.24, 2.45) is 0 Å². The summed E-state index contributed by atoms with van der Waals surface area (Å²) >= 11 is 6.03. The SMILES string of the molecule is Cc1ccccc1CN(C(=O)CN(c1ccc(Cl)cc1C)S(C)(=O)=O)[C@@H](C)C(=O)NC(C)C. The molecule has 2 amide bonds. The van der Waals surface area contributed by atoms with Crippen molar-refractivity contribution in [3.8, 4) is 0 Å². The second-order valence-corrected chi connectivity index (χ2v) is 10.8. The molecule has 9 heteroatoms. The fraction of sp³-hybridized carbons (Fsp3) is 0.417. The van der Waals surface area contributed by atoms with Crippen molar-refractivity contribution in [1.29, 1.82) is 0 Å².